The van der Waals surface area contributed by atoms with Gasteiger partial charge in [0.05, 0.1) is 0 Å². The summed E-state index contributed by atoms with van der Waals surface area (Å²) >= 11 is 0. The molecule has 0 aliphatic rings. The van der Waals surface area contributed by atoms with Gasteiger partial charge < -0.3 is 0 Å². The molecule has 0 aromatic heterocycles. The Morgan fingerprint density at radius 3 is 1.64 bits per heavy atom. The third kappa shape index (κ3) is 4.30. The second-order valence-electron chi connectivity index (χ2n) is 4.76. The van der Waals surface area contributed by atoms with E-state index < -0.39 is 0 Å². The Balaban J connectivity index is 4.20. The smallest absolute Gasteiger partial charge is 0.0263 e. The van der Waals surface area contributed by atoms with Crippen LogP contribution in [0.15, 0.2) is 12.2 Å². The lowest BCUT2D eigenvalue weighted by Crippen LogP contribution is -2.14. The van der Waals surface area contributed by atoms with Gasteiger partial charge in [0.1, 0.15) is 0 Å². The summed E-state index contributed by atoms with van der Waals surface area (Å²) in [6.45, 7) is 15.6. The fourth-order valence-electron chi connectivity index (χ4n) is 2.17. The van der Waals surface area contributed by atoms with Crippen molar-refractivity contribution in [2.75, 3.05) is 0 Å². The minimum atomic E-state index is 0.651. The van der Waals surface area contributed by atoms with Gasteiger partial charge in [-0.1, -0.05) is 66.0 Å². The number of hydrogen-bond acceptors (Lipinski definition) is 0. The van der Waals surface area contributed by atoms with E-state index >= 15 is 0 Å². The van der Waals surface area contributed by atoms with E-state index in [2.05, 4.69) is 41.2 Å². The highest BCUT2D eigenvalue weighted by molar-refractivity contribution is 4.99. The second-order valence-corrected chi connectivity index (χ2v) is 4.76. The van der Waals surface area contributed by atoms with Crippen LogP contribution in [0.25, 0.3) is 0 Å². The van der Waals surface area contributed by atoms with Crippen molar-refractivity contribution in [3.8, 4) is 0 Å². The summed E-state index contributed by atoms with van der Waals surface area (Å²) in [5.41, 5.74) is 1.43. The molecule has 0 aromatic carbocycles. The molecule has 0 fully saturated rings. The van der Waals surface area contributed by atoms with Crippen molar-refractivity contribution in [3.05, 3.63) is 12.2 Å². The van der Waals surface area contributed by atoms with Gasteiger partial charge in [-0.15, -0.1) is 0 Å². The first-order valence-electron chi connectivity index (χ1n) is 6.24. The normalized spacial score (nSPS) is 13.6. The SMILES string of the molecule is C=C(CC(CC)C(CC)CC)C(C)C. The van der Waals surface area contributed by atoms with Crippen LogP contribution in [0, 0.1) is 17.8 Å². The third-order valence-corrected chi connectivity index (χ3v) is 3.58. The zero-order chi connectivity index (χ0) is 11.1. The molecule has 0 spiro atoms. The molecule has 0 aliphatic heterocycles. The van der Waals surface area contributed by atoms with Gasteiger partial charge in [0.2, 0.25) is 0 Å². The topological polar surface area (TPSA) is 0 Å². The Hall–Kier alpha value is -0.260. The summed E-state index contributed by atoms with van der Waals surface area (Å²) in [5, 5.41) is 0. The monoisotopic (exact) mass is 196 g/mol. The van der Waals surface area contributed by atoms with Gasteiger partial charge in [0, 0.05) is 0 Å². The fourth-order valence-corrected chi connectivity index (χ4v) is 2.17. The summed E-state index contributed by atoms with van der Waals surface area (Å²) in [5.74, 6) is 2.41. The number of allylic oxidation sites excluding steroid dienone is 1. The molecule has 0 bridgehead atoms. The summed E-state index contributed by atoms with van der Waals surface area (Å²) in [4.78, 5) is 0. The Kier molecular flexibility index (Phi) is 6.96. The van der Waals surface area contributed by atoms with E-state index in [0.29, 0.717) is 5.92 Å². The molecule has 0 heteroatoms. The van der Waals surface area contributed by atoms with Crippen LogP contribution in [0.1, 0.15) is 60.3 Å². The molecule has 0 aromatic rings. The standard InChI is InChI=1S/C14H28/c1-7-13(8-2)14(9-3)10-12(6)11(4)5/h11,13-14H,6-10H2,1-5H3. The Bertz CT molecular complexity index is 151. The lowest BCUT2D eigenvalue weighted by molar-refractivity contribution is 0.296. The molecule has 0 amide bonds. The first kappa shape index (κ1) is 13.7. The van der Waals surface area contributed by atoms with E-state index in [-0.39, 0.29) is 0 Å². The maximum atomic E-state index is 4.19. The maximum absolute atomic E-state index is 4.19. The summed E-state index contributed by atoms with van der Waals surface area (Å²) < 4.78 is 0. The van der Waals surface area contributed by atoms with Crippen molar-refractivity contribution in [3.63, 3.8) is 0 Å². The van der Waals surface area contributed by atoms with E-state index in [1.807, 2.05) is 0 Å². The zero-order valence-corrected chi connectivity index (χ0v) is 10.8. The summed E-state index contributed by atoms with van der Waals surface area (Å²) in [6, 6.07) is 0. The van der Waals surface area contributed by atoms with E-state index in [1.54, 1.807) is 0 Å². The largest absolute Gasteiger partial charge is 0.0996 e. The van der Waals surface area contributed by atoms with E-state index in [0.717, 1.165) is 11.8 Å². The third-order valence-electron chi connectivity index (χ3n) is 3.58. The van der Waals surface area contributed by atoms with Crippen LogP contribution in [0.2, 0.25) is 0 Å². The van der Waals surface area contributed by atoms with Gasteiger partial charge in [0.25, 0.3) is 0 Å². The number of hydrogen-bond donors (Lipinski definition) is 0. The van der Waals surface area contributed by atoms with Crippen LogP contribution in [-0.2, 0) is 0 Å². The molecule has 0 nitrogen and oxygen atoms in total. The van der Waals surface area contributed by atoms with Crippen LogP contribution < -0.4 is 0 Å². The maximum Gasteiger partial charge on any atom is -0.0263 e. The van der Waals surface area contributed by atoms with Crippen molar-refractivity contribution < 1.29 is 0 Å². The second kappa shape index (κ2) is 7.09. The molecule has 1 atom stereocenters. The predicted molar refractivity (Wildman–Crippen MR) is 66.4 cm³/mol. The summed E-state index contributed by atoms with van der Waals surface area (Å²) in [7, 11) is 0. The van der Waals surface area contributed by atoms with E-state index in [1.165, 1.54) is 31.3 Å². The van der Waals surface area contributed by atoms with Gasteiger partial charge in [-0.25, -0.2) is 0 Å². The van der Waals surface area contributed by atoms with Crippen LogP contribution >= 0.6 is 0 Å². The first-order valence-corrected chi connectivity index (χ1v) is 6.24. The van der Waals surface area contributed by atoms with Gasteiger partial charge in [-0.05, 0) is 24.2 Å². The van der Waals surface area contributed by atoms with Crippen molar-refractivity contribution in [1.82, 2.24) is 0 Å². The minimum Gasteiger partial charge on any atom is -0.0996 e. The van der Waals surface area contributed by atoms with Crippen molar-refractivity contribution >= 4 is 0 Å². The average Bonchev–Trinajstić information content (AvgIpc) is 2.17. The molecule has 84 valence electrons. The van der Waals surface area contributed by atoms with E-state index in [9.17, 15) is 0 Å². The van der Waals surface area contributed by atoms with Crippen LogP contribution in [0.4, 0.5) is 0 Å². The van der Waals surface area contributed by atoms with E-state index in [4.69, 9.17) is 0 Å². The molecule has 0 saturated carbocycles. The lowest BCUT2D eigenvalue weighted by atomic mass is 9.80. The van der Waals surface area contributed by atoms with Gasteiger partial charge in [0.15, 0.2) is 0 Å². The Morgan fingerprint density at radius 2 is 1.36 bits per heavy atom. The van der Waals surface area contributed by atoms with Crippen LogP contribution in [0.5, 0.6) is 0 Å². The molecule has 14 heavy (non-hydrogen) atoms. The highest BCUT2D eigenvalue weighted by Gasteiger charge is 2.18. The Morgan fingerprint density at radius 1 is 0.929 bits per heavy atom. The highest BCUT2D eigenvalue weighted by atomic mass is 14.2. The molecule has 0 rings (SSSR count). The van der Waals surface area contributed by atoms with Crippen LogP contribution in [-0.4, -0.2) is 0 Å². The molecule has 0 N–H and O–H groups in total. The molecular weight excluding hydrogens is 168 g/mol. The molecule has 1 unspecified atom stereocenters. The molecule has 0 radical (unpaired) electrons. The highest BCUT2D eigenvalue weighted by Crippen LogP contribution is 2.30. The number of rotatable bonds is 7. The predicted octanol–water partition coefficient (Wildman–Crippen LogP) is 5.05. The van der Waals surface area contributed by atoms with Crippen molar-refractivity contribution in [2.24, 2.45) is 17.8 Å². The Labute approximate surface area is 90.8 Å². The van der Waals surface area contributed by atoms with Crippen LogP contribution in [0.3, 0.4) is 0 Å². The summed E-state index contributed by atoms with van der Waals surface area (Å²) in [6.07, 6.45) is 5.18. The average molecular weight is 196 g/mol. The van der Waals surface area contributed by atoms with Gasteiger partial charge in [-0.2, -0.15) is 0 Å². The van der Waals surface area contributed by atoms with Gasteiger partial charge >= 0.3 is 0 Å². The van der Waals surface area contributed by atoms with Crippen molar-refractivity contribution in [1.29, 1.82) is 0 Å². The lowest BCUT2D eigenvalue weighted by Gasteiger charge is -2.26. The van der Waals surface area contributed by atoms with Crippen molar-refractivity contribution in [2.45, 2.75) is 60.3 Å². The zero-order valence-electron chi connectivity index (χ0n) is 10.8. The molecule has 0 heterocycles. The quantitative estimate of drug-likeness (QED) is 0.500. The van der Waals surface area contributed by atoms with Gasteiger partial charge in [-0.3, -0.25) is 0 Å². The molecular formula is C14H28. The minimum absolute atomic E-state index is 0.651. The molecule has 0 aliphatic carbocycles. The molecule has 0 saturated heterocycles. The fraction of sp³-hybridized carbons (Fsp3) is 0.857. The first-order chi connectivity index (χ1) is 6.56.